The van der Waals surface area contributed by atoms with Crippen molar-refractivity contribution >= 4 is 19.8 Å². The number of carbonyl (C=O) groups is 2. The fourth-order valence-electron chi connectivity index (χ4n) is 5.13. The molecule has 0 amide bonds. The normalized spacial score (nSPS) is 14.6. The van der Waals surface area contributed by atoms with Crippen molar-refractivity contribution in [2.24, 2.45) is 0 Å². The van der Waals surface area contributed by atoms with Crippen molar-refractivity contribution in [3.8, 4) is 0 Å². The lowest BCUT2D eigenvalue weighted by Gasteiger charge is -2.20. The fourth-order valence-corrected chi connectivity index (χ4v) is 5.92. The zero-order valence-corrected chi connectivity index (χ0v) is 35.0. The van der Waals surface area contributed by atoms with E-state index in [0.29, 0.717) is 12.8 Å². The van der Waals surface area contributed by atoms with Crippen LogP contribution in [0.15, 0.2) is 72.9 Å². The van der Waals surface area contributed by atoms with E-state index in [0.717, 1.165) is 70.6 Å². The predicted molar refractivity (Wildman–Crippen MR) is 223 cm³/mol. The number of hydrogen-bond donors (Lipinski definition) is 3. The lowest BCUT2D eigenvalue weighted by Crippen LogP contribution is -2.29. The Morgan fingerprint density at radius 1 is 0.564 bits per heavy atom. The number of ether oxygens (including phenoxy) is 2. The average Bonchev–Trinajstić information content (AvgIpc) is 3.17. The van der Waals surface area contributed by atoms with Crippen molar-refractivity contribution in [3.63, 3.8) is 0 Å². The molecule has 0 bridgehead atoms. The average molecular weight is 795 g/mol. The van der Waals surface area contributed by atoms with Gasteiger partial charge >= 0.3 is 19.8 Å². The molecule has 0 saturated carbocycles. The van der Waals surface area contributed by atoms with Crippen LogP contribution in [-0.4, -0.2) is 65.7 Å². The number of hydrogen-bond acceptors (Lipinski definition) is 9. The van der Waals surface area contributed by atoms with Crippen LogP contribution in [0.4, 0.5) is 0 Å². The molecule has 3 atom stereocenters. The van der Waals surface area contributed by atoms with Crippen LogP contribution in [0.25, 0.3) is 0 Å². The van der Waals surface area contributed by atoms with Gasteiger partial charge in [0.1, 0.15) is 12.7 Å². The number of phosphoric acid groups is 1. The van der Waals surface area contributed by atoms with Gasteiger partial charge in [0, 0.05) is 12.8 Å². The first-order valence-corrected chi connectivity index (χ1v) is 22.4. The smallest absolute Gasteiger partial charge is 0.462 e. The molecule has 55 heavy (non-hydrogen) atoms. The minimum atomic E-state index is -4.63. The summed E-state index contributed by atoms with van der Waals surface area (Å²) in [7, 11) is -4.63. The summed E-state index contributed by atoms with van der Waals surface area (Å²) in [6.45, 7) is 2.16. The number of aliphatic hydroxyl groups is 2. The fraction of sp³-hybridized carbons (Fsp3) is 0.682. The lowest BCUT2D eigenvalue weighted by atomic mass is 10.1. The molecule has 0 fully saturated rings. The van der Waals surface area contributed by atoms with Crippen LogP contribution in [0.3, 0.4) is 0 Å². The van der Waals surface area contributed by atoms with Gasteiger partial charge in [-0.05, 0) is 83.5 Å². The van der Waals surface area contributed by atoms with E-state index in [1.54, 1.807) is 0 Å². The summed E-state index contributed by atoms with van der Waals surface area (Å²) in [4.78, 5) is 34.9. The lowest BCUT2D eigenvalue weighted by molar-refractivity contribution is -0.161. The Morgan fingerprint density at radius 3 is 1.55 bits per heavy atom. The first-order chi connectivity index (χ1) is 26.7. The maximum Gasteiger partial charge on any atom is 0.472 e. The molecule has 0 aromatic carbocycles. The first kappa shape index (κ1) is 52.4. The predicted octanol–water partition coefficient (Wildman–Crippen LogP) is 10.9. The first-order valence-electron chi connectivity index (χ1n) is 20.9. The number of allylic oxidation sites excluding steroid dienone is 12. The molecule has 11 heteroatoms. The molecule has 3 unspecified atom stereocenters. The van der Waals surface area contributed by atoms with Gasteiger partial charge in [-0.3, -0.25) is 18.6 Å². The molecule has 316 valence electrons. The zero-order valence-electron chi connectivity index (χ0n) is 34.1. The second-order valence-electron chi connectivity index (χ2n) is 13.6. The minimum absolute atomic E-state index is 0.126. The molecular weight excluding hydrogens is 719 g/mol. The van der Waals surface area contributed by atoms with Crippen molar-refractivity contribution in [3.05, 3.63) is 72.9 Å². The standard InChI is InChI=1S/C44H75O10P/c1-3-5-7-9-11-13-15-17-19-20-22-23-25-27-29-31-33-35-43(47)51-39-42(40-53-55(49,50)52-38-41(46)37-45)54-44(48)36-34-32-30-28-26-24-21-18-16-14-12-10-8-6-4-2/h6,8,11-14,17-19,21,26,28,41-42,45-46H,3-5,7,9-10,15-16,20,22-25,27,29-40H2,1-2H3,(H,49,50)/b8-6-,13-11-,14-12-,19-17-,21-18-,28-26-. The molecule has 0 aromatic rings. The molecule has 0 radical (unpaired) electrons. The highest BCUT2D eigenvalue weighted by molar-refractivity contribution is 7.47. The van der Waals surface area contributed by atoms with E-state index in [-0.39, 0.29) is 19.4 Å². The summed E-state index contributed by atoms with van der Waals surface area (Å²) in [6, 6.07) is 0. The summed E-state index contributed by atoms with van der Waals surface area (Å²) in [6.07, 6.45) is 44.4. The number of rotatable bonds is 38. The Bertz CT molecular complexity index is 1140. The number of unbranched alkanes of at least 4 members (excludes halogenated alkanes) is 12. The van der Waals surface area contributed by atoms with Gasteiger partial charge in [-0.1, -0.05) is 132 Å². The summed E-state index contributed by atoms with van der Waals surface area (Å²) in [5, 5.41) is 18.3. The van der Waals surface area contributed by atoms with Gasteiger partial charge in [-0.2, -0.15) is 0 Å². The maximum absolute atomic E-state index is 12.6. The molecule has 0 aliphatic heterocycles. The molecule has 0 heterocycles. The topological polar surface area (TPSA) is 149 Å². The number of esters is 2. The second kappa shape index (κ2) is 39.6. The van der Waals surface area contributed by atoms with Crippen molar-refractivity contribution in [1.82, 2.24) is 0 Å². The van der Waals surface area contributed by atoms with Crippen LogP contribution in [0.1, 0.15) is 155 Å². The molecule has 0 aliphatic carbocycles. The molecular formula is C44H75O10P. The summed E-state index contributed by atoms with van der Waals surface area (Å²) < 4.78 is 32.6. The van der Waals surface area contributed by atoms with Crippen molar-refractivity contribution < 1.29 is 47.8 Å². The largest absolute Gasteiger partial charge is 0.472 e. The van der Waals surface area contributed by atoms with E-state index < -0.39 is 51.8 Å². The molecule has 0 aromatic heterocycles. The van der Waals surface area contributed by atoms with Gasteiger partial charge in [0.05, 0.1) is 19.8 Å². The van der Waals surface area contributed by atoms with Crippen LogP contribution in [0.2, 0.25) is 0 Å². The van der Waals surface area contributed by atoms with Crippen molar-refractivity contribution in [2.45, 2.75) is 167 Å². The molecule has 0 rings (SSSR count). The summed E-state index contributed by atoms with van der Waals surface area (Å²) >= 11 is 0. The van der Waals surface area contributed by atoms with Crippen LogP contribution in [0, 0.1) is 0 Å². The van der Waals surface area contributed by atoms with Gasteiger partial charge in [-0.15, -0.1) is 0 Å². The Balaban J connectivity index is 4.40. The molecule has 0 spiro atoms. The Kier molecular flexibility index (Phi) is 37.8. The molecule has 0 saturated heterocycles. The van der Waals surface area contributed by atoms with E-state index in [1.807, 2.05) is 0 Å². The van der Waals surface area contributed by atoms with Gasteiger partial charge in [0.15, 0.2) is 6.10 Å². The Labute approximate surface area is 333 Å². The van der Waals surface area contributed by atoms with Crippen LogP contribution < -0.4 is 0 Å². The van der Waals surface area contributed by atoms with E-state index in [9.17, 15) is 24.2 Å². The molecule has 3 N–H and O–H groups in total. The van der Waals surface area contributed by atoms with Gasteiger partial charge in [0.25, 0.3) is 0 Å². The second-order valence-corrected chi connectivity index (χ2v) is 15.1. The highest BCUT2D eigenvalue weighted by atomic mass is 31.2. The molecule has 0 aliphatic rings. The van der Waals surface area contributed by atoms with Crippen molar-refractivity contribution in [1.29, 1.82) is 0 Å². The van der Waals surface area contributed by atoms with E-state index in [4.69, 9.17) is 19.1 Å². The van der Waals surface area contributed by atoms with Crippen molar-refractivity contribution in [2.75, 3.05) is 26.4 Å². The monoisotopic (exact) mass is 795 g/mol. The Hall–Kier alpha value is -2.59. The summed E-state index contributed by atoms with van der Waals surface area (Å²) in [5.41, 5.74) is 0. The summed E-state index contributed by atoms with van der Waals surface area (Å²) in [5.74, 6) is -0.989. The number of aliphatic hydroxyl groups excluding tert-OH is 2. The van der Waals surface area contributed by atoms with Crippen LogP contribution in [0.5, 0.6) is 0 Å². The van der Waals surface area contributed by atoms with Gasteiger partial charge < -0.3 is 24.6 Å². The number of carbonyl (C=O) groups excluding carboxylic acids is 2. The number of phosphoric ester groups is 1. The Morgan fingerprint density at radius 2 is 1.00 bits per heavy atom. The van der Waals surface area contributed by atoms with E-state index >= 15 is 0 Å². The highest BCUT2D eigenvalue weighted by Crippen LogP contribution is 2.43. The molecule has 10 nitrogen and oxygen atoms in total. The van der Waals surface area contributed by atoms with Gasteiger partial charge in [-0.25, -0.2) is 4.57 Å². The third kappa shape index (κ3) is 39.4. The maximum atomic E-state index is 12.6. The zero-order chi connectivity index (χ0) is 40.5. The van der Waals surface area contributed by atoms with Gasteiger partial charge in [0.2, 0.25) is 0 Å². The highest BCUT2D eigenvalue weighted by Gasteiger charge is 2.27. The van der Waals surface area contributed by atoms with Crippen LogP contribution in [-0.2, 0) is 32.7 Å². The third-order valence-electron chi connectivity index (χ3n) is 8.34. The van der Waals surface area contributed by atoms with E-state index in [1.165, 1.54) is 44.9 Å². The minimum Gasteiger partial charge on any atom is -0.462 e. The third-order valence-corrected chi connectivity index (χ3v) is 9.30. The van der Waals surface area contributed by atoms with E-state index in [2.05, 4.69) is 91.3 Å². The SMILES string of the molecule is CC/C=C\C/C=C\C/C=C\C/C=C\CCCCC(=O)OC(COC(=O)CCCCCCCCC/C=C\C/C=C\CCCCC)COP(=O)(O)OCC(O)CO. The quantitative estimate of drug-likeness (QED) is 0.0239. The van der Waals surface area contributed by atoms with Crippen LogP contribution >= 0.6 is 7.82 Å².